The van der Waals surface area contributed by atoms with Crippen LogP contribution in [0.3, 0.4) is 0 Å². The van der Waals surface area contributed by atoms with Gasteiger partial charge in [0.25, 0.3) is 0 Å². The Kier molecular flexibility index (Phi) is 6.45. The molecule has 3 atom stereocenters. The molecule has 0 aliphatic heterocycles. The highest BCUT2D eigenvalue weighted by atomic mass is 16.4. The predicted molar refractivity (Wildman–Crippen MR) is 77.6 cm³/mol. The largest absolute Gasteiger partial charge is 0.480 e. The number of carboxylic acids is 1. The summed E-state index contributed by atoms with van der Waals surface area (Å²) in [6.45, 7) is 2.16. The second-order valence-corrected chi connectivity index (χ2v) is 5.88. The van der Waals surface area contributed by atoms with Gasteiger partial charge < -0.3 is 21.1 Å². The highest BCUT2D eigenvalue weighted by Crippen LogP contribution is 2.26. The molecule has 0 radical (unpaired) electrons. The molecule has 1 rings (SSSR count). The second kappa shape index (κ2) is 7.85. The van der Waals surface area contributed by atoms with Gasteiger partial charge in [0.15, 0.2) is 0 Å². The van der Waals surface area contributed by atoms with Crippen molar-refractivity contribution in [2.24, 2.45) is 11.7 Å². The molecule has 7 nitrogen and oxygen atoms in total. The Hall–Kier alpha value is -1.79. The van der Waals surface area contributed by atoms with Crippen molar-refractivity contribution in [1.29, 1.82) is 0 Å². The monoisotopic (exact) mass is 299 g/mol. The van der Waals surface area contributed by atoms with E-state index in [1.165, 1.54) is 6.42 Å². The summed E-state index contributed by atoms with van der Waals surface area (Å²) in [6.07, 6.45) is 4.05. The Balaban J connectivity index is 2.55. The summed E-state index contributed by atoms with van der Waals surface area (Å²) < 4.78 is 0. The van der Waals surface area contributed by atoms with Crippen molar-refractivity contribution in [2.45, 2.75) is 57.5 Å². The fourth-order valence-electron chi connectivity index (χ4n) is 2.71. The topological polar surface area (TPSA) is 113 Å². The number of amides is 3. The highest BCUT2D eigenvalue weighted by Gasteiger charge is 2.28. The molecular formula is C14H25N3O4. The lowest BCUT2D eigenvalue weighted by Crippen LogP contribution is -2.50. The van der Waals surface area contributed by atoms with Crippen molar-refractivity contribution in [2.75, 3.05) is 7.05 Å². The van der Waals surface area contributed by atoms with Crippen LogP contribution in [0, 0.1) is 5.92 Å². The van der Waals surface area contributed by atoms with Gasteiger partial charge in [0.05, 0.1) is 0 Å². The molecule has 0 aromatic rings. The molecule has 4 N–H and O–H groups in total. The van der Waals surface area contributed by atoms with E-state index in [1.54, 1.807) is 11.9 Å². The molecule has 0 aromatic heterocycles. The molecule has 21 heavy (non-hydrogen) atoms. The number of carbonyl (C=O) groups excluding carboxylic acids is 2. The number of nitrogens with one attached hydrogen (secondary N) is 1. The first-order valence-electron chi connectivity index (χ1n) is 7.35. The summed E-state index contributed by atoms with van der Waals surface area (Å²) >= 11 is 0. The van der Waals surface area contributed by atoms with Crippen molar-refractivity contribution in [3.63, 3.8) is 0 Å². The standard InChI is InChI=1S/C14H25N3O4/c1-9-4-3-5-10(8-9)17(2)14(21)16-11(13(19)20)6-7-12(15)18/h9-11H,3-8H2,1-2H3,(H2,15,18)(H,16,21)(H,19,20)/t9?,10?,11-/m1/s1. The number of nitrogens with zero attached hydrogens (tertiary/aromatic N) is 1. The summed E-state index contributed by atoms with van der Waals surface area (Å²) in [6, 6.07) is -1.36. The molecule has 3 amide bonds. The first-order chi connectivity index (χ1) is 9.81. The zero-order valence-corrected chi connectivity index (χ0v) is 12.7. The van der Waals surface area contributed by atoms with E-state index >= 15 is 0 Å². The van der Waals surface area contributed by atoms with Gasteiger partial charge in [0.1, 0.15) is 6.04 Å². The maximum atomic E-state index is 12.1. The lowest BCUT2D eigenvalue weighted by atomic mass is 9.86. The van der Waals surface area contributed by atoms with Gasteiger partial charge in [0, 0.05) is 19.5 Å². The average Bonchev–Trinajstić information content (AvgIpc) is 2.41. The maximum Gasteiger partial charge on any atom is 0.326 e. The normalized spacial score (nSPS) is 23.1. The Labute approximate surface area is 124 Å². The number of carboxylic acid groups (broad SMARTS) is 1. The summed E-state index contributed by atoms with van der Waals surface area (Å²) in [7, 11) is 1.69. The van der Waals surface area contributed by atoms with Crippen molar-refractivity contribution in [3.8, 4) is 0 Å². The quantitative estimate of drug-likeness (QED) is 0.677. The van der Waals surface area contributed by atoms with E-state index in [2.05, 4.69) is 12.2 Å². The van der Waals surface area contributed by atoms with Crippen LogP contribution in [0.25, 0.3) is 0 Å². The Bertz CT molecular complexity index is 400. The van der Waals surface area contributed by atoms with Crippen LogP contribution >= 0.6 is 0 Å². The van der Waals surface area contributed by atoms with Crippen LogP contribution in [-0.4, -0.2) is 47.0 Å². The Morgan fingerprint density at radius 2 is 2.05 bits per heavy atom. The molecule has 1 fully saturated rings. The molecule has 0 heterocycles. The van der Waals surface area contributed by atoms with Gasteiger partial charge in [-0.25, -0.2) is 9.59 Å². The number of carbonyl (C=O) groups is 3. The number of primary amides is 1. The molecule has 1 aliphatic carbocycles. The number of rotatable bonds is 6. The number of aliphatic carboxylic acids is 1. The molecule has 0 bridgehead atoms. The first kappa shape index (κ1) is 17.3. The number of hydrogen-bond donors (Lipinski definition) is 3. The van der Waals surface area contributed by atoms with Crippen LogP contribution in [0.4, 0.5) is 4.79 Å². The minimum atomic E-state index is -1.16. The van der Waals surface area contributed by atoms with Crippen LogP contribution in [0.1, 0.15) is 45.4 Å². The van der Waals surface area contributed by atoms with Gasteiger partial charge >= 0.3 is 12.0 Å². The van der Waals surface area contributed by atoms with E-state index in [0.29, 0.717) is 5.92 Å². The number of hydrogen-bond acceptors (Lipinski definition) is 3. The van der Waals surface area contributed by atoms with Gasteiger partial charge in [-0.3, -0.25) is 4.79 Å². The third-order valence-electron chi connectivity index (χ3n) is 4.05. The lowest BCUT2D eigenvalue weighted by molar-refractivity contribution is -0.139. The van der Waals surface area contributed by atoms with Crippen LogP contribution < -0.4 is 11.1 Å². The molecular weight excluding hydrogens is 274 g/mol. The number of urea groups is 1. The molecule has 0 spiro atoms. The zero-order chi connectivity index (χ0) is 16.0. The van der Waals surface area contributed by atoms with E-state index in [0.717, 1.165) is 19.3 Å². The van der Waals surface area contributed by atoms with Crippen molar-refractivity contribution < 1.29 is 19.5 Å². The Morgan fingerprint density at radius 3 is 2.57 bits per heavy atom. The van der Waals surface area contributed by atoms with E-state index in [-0.39, 0.29) is 18.9 Å². The SMILES string of the molecule is CC1CCCC(N(C)C(=O)N[C@H](CCC(N)=O)C(=O)O)C1. The summed E-state index contributed by atoms with van der Waals surface area (Å²) in [5.74, 6) is -1.16. The van der Waals surface area contributed by atoms with E-state index in [1.807, 2.05) is 0 Å². The molecule has 0 saturated heterocycles. The third kappa shape index (κ3) is 5.61. The maximum absolute atomic E-state index is 12.1. The zero-order valence-electron chi connectivity index (χ0n) is 12.7. The van der Waals surface area contributed by atoms with Crippen LogP contribution in [0.5, 0.6) is 0 Å². The minimum Gasteiger partial charge on any atom is -0.480 e. The van der Waals surface area contributed by atoms with Gasteiger partial charge in [-0.2, -0.15) is 0 Å². The Morgan fingerprint density at radius 1 is 1.38 bits per heavy atom. The molecule has 1 aliphatic rings. The van der Waals surface area contributed by atoms with Crippen molar-refractivity contribution in [3.05, 3.63) is 0 Å². The van der Waals surface area contributed by atoms with Crippen LogP contribution in [0.2, 0.25) is 0 Å². The third-order valence-corrected chi connectivity index (χ3v) is 4.05. The lowest BCUT2D eigenvalue weighted by Gasteiger charge is -2.34. The summed E-state index contributed by atoms with van der Waals surface area (Å²) in [4.78, 5) is 35.6. The second-order valence-electron chi connectivity index (χ2n) is 5.88. The summed E-state index contributed by atoms with van der Waals surface area (Å²) in [5, 5.41) is 11.5. The van der Waals surface area contributed by atoms with Crippen molar-refractivity contribution >= 4 is 17.9 Å². The van der Waals surface area contributed by atoms with E-state index in [4.69, 9.17) is 10.8 Å². The molecule has 7 heteroatoms. The molecule has 1 saturated carbocycles. The van der Waals surface area contributed by atoms with Crippen molar-refractivity contribution in [1.82, 2.24) is 10.2 Å². The predicted octanol–water partition coefficient (Wildman–Crippen LogP) is 0.925. The fraction of sp³-hybridized carbons (Fsp3) is 0.786. The molecule has 120 valence electrons. The van der Waals surface area contributed by atoms with Crippen LogP contribution in [0.15, 0.2) is 0 Å². The van der Waals surface area contributed by atoms with Crippen LogP contribution in [-0.2, 0) is 9.59 Å². The number of nitrogens with two attached hydrogens (primary N) is 1. The molecule has 0 aromatic carbocycles. The smallest absolute Gasteiger partial charge is 0.326 e. The summed E-state index contributed by atoms with van der Waals surface area (Å²) in [5.41, 5.74) is 5.01. The fourth-order valence-corrected chi connectivity index (χ4v) is 2.71. The van der Waals surface area contributed by atoms with E-state index in [9.17, 15) is 14.4 Å². The highest BCUT2D eigenvalue weighted by molar-refractivity contribution is 5.83. The van der Waals surface area contributed by atoms with Gasteiger partial charge in [0.2, 0.25) is 5.91 Å². The first-order valence-corrected chi connectivity index (χ1v) is 7.35. The van der Waals surface area contributed by atoms with Gasteiger partial charge in [-0.1, -0.05) is 19.8 Å². The van der Waals surface area contributed by atoms with Gasteiger partial charge in [-0.15, -0.1) is 0 Å². The van der Waals surface area contributed by atoms with Gasteiger partial charge in [-0.05, 0) is 25.2 Å². The minimum absolute atomic E-state index is 0.00527. The molecule has 2 unspecified atom stereocenters. The van der Waals surface area contributed by atoms with E-state index < -0.39 is 23.9 Å². The average molecular weight is 299 g/mol.